The van der Waals surface area contributed by atoms with Crippen LogP contribution < -0.4 is 19.9 Å². The van der Waals surface area contributed by atoms with Gasteiger partial charge in [-0.3, -0.25) is 0 Å². The standard InChI is InChI=1S/C14H24N2O3/c1-5-16(6-2)7-8-19-13-10-11(15)9-12(17-3)14(13)18-4/h9-10H,5-8,15H2,1-4H3. The predicted octanol–water partition coefficient (Wildman–Crippen LogP) is 2.01. The molecular formula is C14H24N2O3. The van der Waals surface area contributed by atoms with Gasteiger partial charge in [-0.15, -0.1) is 0 Å². The highest BCUT2D eigenvalue weighted by Crippen LogP contribution is 2.39. The molecule has 0 amide bonds. The van der Waals surface area contributed by atoms with E-state index in [0.29, 0.717) is 29.5 Å². The Balaban J connectivity index is 2.74. The van der Waals surface area contributed by atoms with Crippen LogP contribution in [0.4, 0.5) is 5.69 Å². The molecule has 0 radical (unpaired) electrons. The average molecular weight is 268 g/mol. The molecule has 0 spiro atoms. The van der Waals surface area contributed by atoms with Crippen molar-refractivity contribution in [1.29, 1.82) is 0 Å². The first-order chi connectivity index (χ1) is 9.15. The Bertz CT molecular complexity index is 393. The molecule has 1 rings (SSSR count). The number of hydrogen-bond donors (Lipinski definition) is 1. The van der Waals surface area contributed by atoms with Crippen molar-refractivity contribution < 1.29 is 14.2 Å². The van der Waals surface area contributed by atoms with E-state index < -0.39 is 0 Å². The van der Waals surface area contributed by atoms with E-state index in [0.717, 1.165) is 19.6 Å². The molecule has 0 aliphatic rings. The Labute approximate surface area is 115 Å². The minimum Gasteiger partial charge on any atom is -0.493 e. The van der Waals surface area contributed by atoms with E-state index in [1.54, 1.807) is 26.4 Å². The summed E-state index contributed by atoms with van der Waals surface area (Å²) in [5, 5.41) is 0. The molecule has 1 aromatic rings. The van der Waals surface area contributed by atoms with E-state index in [1.807, 2.05) is 0 Å². The van der Waals surface area contributed by atoms with Crippen LogP contribution in [0.3, 0.4) is 0 Å². The van der Waals surface area contributed by atoms with Gasteiger partial charge in [-0.1, -0.05) is 13.8 Å². The van der Waals surface area contributed by atoms with Gasteiger partial charge in [0, 0.05) is 24.4 Å². The minimum atomic E-state index is 0.580. The second-order valence-corrected chi connectivity index (χ2v) is 4.13. The minimum absolute atomic E-state index is 0.580. The van der Waals surface area contributed by atoms with Crippen molar-refractivity contribution in [1.82, 2.24) is 4.90 Å². The van der Waals surface area contributed by atoms with Crippen LogP contribution in [0, 0.1) is 0 Å². The SMILES string of the molecule is CCN(CC)CCOc1cc(N)cc(OC)c1OC. The van der Waals surface area contributed by atoms with Crippen molar-refractivity contribution in [2.24, 2.45) is 0 Å². The summed E-state index contributed by atoms with van der Waals surface area (Å²) < 4.78 is 16.3. The van der Waals surface area contributed by atoms with E-state index in [-0.39, 0.29) is 0 Å². The second-order valence-electron chi connectivity index (χ2n) is 4.13. The number of anilines is 1. The van der Waals surface area contributed by atoms with Gasteiger partial charge in [0.15, 0.2) is 11.5 Å². The molecule has 2 N–H and O–H groups in total. The van der Waals surface area contributed by atoms with E-state index in [4.69, 9.17) is 19.9 Å². The molecule has 0 bridgehead atoms. The summed E-state index contributed by atoms with van der Waals surface area (Å²) in [5.74, 6) is 1.78. The number of nitrogens with zero attached hydrogens (tertiary/aromatic N) is 1. The van der Waals surface area contributed by atoms with Crippen LogP contribution in [-0.2, 0) is 0 Å². The summed E-state index contributed by atoms with van der Waals surface area (Å²) >= 11 is 0. The fraction of sp³-hybridized carbons (Fsp3) is 0.571. The molecule has 0 aliphatic carbocycles. The van der Waals surface area contributed by atoms with Gasteiger partial charge < -0.3 is 24.8 Å². The number of nitrogens with two attached hydrogens (primary N) is 1. The van der Waals surface area contributed by atoms with Crippen LogP contribution in [0.5, 0.6) is 17.2 Å². The Morgan fingerprint density at radius 2 is 1.68 bits per heavy atom. The number of rotatable bonds is 8. The van der Waals surface area contributed by atoms with Crippen LogP contribution >= 0.6 is 0 Å². The molecule has 5 nitrogen and oxygen atoms in total. The predicted molar refractivity (Wildman–Crippen MR) is 77.2 cm³/mol. The summed E-state index contributed by atoms with van der Waals surface area (Å²) in [6.07, 6.45) is 0. The van der Waals surface area contributed by atoms with Crippen molar-refractivity contribution in [3.05, 3.63) is 12.1 Å². The third kappa shape index (κ3) is 4.21. The van der Waals surface area contributed by atoms with E-state index in [2.05, 4.69) is 18.7 Å². The number of methoxy groups -OCH3 is 2. The number of ether oxygens (including phenoxy) is 3. The topological polar surface area (TPSA) is 57.0 Å². The van der Waals surface area contributed by atoms with Gasteiger partial charge in [-0.05, 0) is 13.1 Å². The highest BCUT2D eigenvalue weighted by atomic mass is 16.5. The van der Waals surface area contributed by atoms with Gasteiger partial charge in [0.1, 0.15) is 6.61 Å². The second kappa shape index (κ2) is 7.74. The van der Waals surface area contributed by atoms with Gasteiger partial charge in [0.2, 0.25) is 5.75 Å². The van der Waals surface area contributed by atoms with Crippen LogP contribution in [0.15, 0.2) is 12.1 Å². The lowest BCUT2D eigenvalue weighted by molar-refractivity contribution is 0.215. The number of nitrogen functional groups attached to an aromatic ring is 1. The highest BCUT2D eigenvalue weighted by Gasteiger charge is 2.13. The smallest absolute Gasteiger partial charge is 0.203 e. The van der Waals surface area contributed by atoms with Crippen LogP contribution in [-0.4, -0.2) is 45.4 Å². The maximum Gasteiger partial charge on any atom is 0.203 e. The lowest BCUT2D eigenvalue weighted by Gasteiger charge is -2.19. The van der Waals surface area contributed by atoms with Gasteiger partial charge >= 0.3 is 0 Å². The molecule has 0 aromatic heterocycles. The molecule has 0 aliphatic heterocycles. The van der Waals surface area contributed by atoms with E-state index in [9.17, 15) is 0 Å². The molecule has 19 heavy (non-hydrogen) atoms. The third-order valence-electron chi connectivity index (χ3n) is 3.03. The molecule has 0 heterocycles. The Morgan fingerprint density at radius 1 is 1.05 bits per heavy atom. The molecule has 0 atom stereocenters. The van der Waals surface area contributed by atoms with Gasteiger partial charge in [0.05, 0.1) is 14.2 Å². The lowest BCUT2D eigenvalue weighted by atomic mass is 10.2. The first kappa shape index (κ1) is 15.4. The van der Waals surface area contributed by atoms with E-state index in [1.165, 1.54) is 0 Å². The quantitative estimate of drug-likeness (QED) is 0.731. The summed E-state index contributed by atoms with van der Waals surface area (Å²) in [5.41, 5.74) is 6.41. The largest absolute Gasteiger partial charge is 0.493 e. The summed E-state index contributed by atoms with van der Waals surface area (Å²) in [7, 11) is 3.17. The van der Waals surface area contributed by atoms with Crippen molar-refractivity contribution in [2.75, 3.05) is 46.2 Å². The lowest BCUT2D eigenvalue weighted by Crippen LogP contribution is -2.28. The third-order valence-corrected chi connectivity index (χ3v) is 3.03. The maximum atomic E-state index is 5.82. The van der Waals surface area contributed by atoms with Crippen LogP contribution in [0.25, 0.3) is 0 Å². The first-order valence-corrected chi connectivity index (χ1v) is 6.52. The van der Waals surface area contributed by atoms with Crippen molar-refractivity contribution in [3.63, 3.8) is 0 Å². The van der Waals surface area contributed by atoms with Crippen molar-refractivity contribution in [3.8, 4) is 17.2 Å². The van der Waals surface area contributed by atoms with Crippen LogP contribution in [0.2, 0.25) is 0 Å². The van der Waals surface area contributed by atoms with Gasteiger partial charge in [-0.25, -0.2) is 0 Å². The summed E-state index contributed by atoms with van der Waals surface area (Å²) in [4.78, 5) is 2.29. The molecule has 0 saturated carbocycles. The van der Waals surface area contributed by atoms with Crippen molar-refractivity contribution >= 4 is 5.69 Å². The fourth-order valence-corrected chi connectivity index (χ4v) is 1.88. The van der Waals surface area contributed by atoms with Gasteiger partial charge in [0.25, 0.3) is 0 Å². The monoisotopic (exact) mass is 268 g/mol. The maximum absolute atomic E-state index is 5.82. The molecule has 5 heteroatoms. The van der Waals surface area contributed by atoms with Crippen LogP contribution in [0.1, 0.15) is 13.8 Å². The number of likely N-dealkylation sites (N-methyl/N-ethyl adjacent to an activating group) is 1. The molecule has 1 aromatic carbocycles. The Hall–Kier alpha value is -1.62. The number of hydrogen-bond acceptors (Lipinski definition) is 5. The molecular weight excluding hydrogens is 244 g/mol. The highest BCUT2D eigenvalue weighted by molar-refractivity contribution is 5.60. The zero-order valence-electron chi connectivity index (χ0n) is 12.2. The first-order valence-electron chi connectivity index (χ1n) is 6.52. The van der Waals surface area contributed by atoms with E-state index >= 15 is 0 Å². The normalized spacial score (nSPS) is 10.6. The Kier molecular flexibility index (Phi) is 6.29. The average Bonchev–Trinajstić information content (AvgIpc) is 2.42. The molecule has 0 saturated heterocycles. The molecule has 108 valence electrons. The molecule has 0 unspecified atom stereocenters. The molecule has 0 fully saturated rings. The summed E-state index contributed by atoms with van der Waals surface area (Å²) in [6.45, 7) is 7.74. The number of benzene rings is 1. The fourth-order valence-electron chi connectivity index (χ4n) is 1.88. The van der Waals surface area contributed by atoms with Gasteiger partial charge in [-0.2, -0.15) is 0 Å². The Morgan fingerprint density at radius 3 is 2.21 bits per heavy atom. The zero-order chi connectivity index (χ0) is 14.3. The van der Waals surface area contributed by atoms with Crippen molar-refractivity contribution in [2.45, 2.75) is 13.8 Å². The zero-order valence-corrected chi connectivity index (χ0v) is 12.2. The summed E-state index contributed by atoms with van der Waals surface area (Å²) in [6, 6.07) is 3.47.